The van der Waals surface area contributed by atoms with Crippen molar-refractivity contribution in [3.8, 4) is 11.5 Å². The van der Waals surface area contributed by atoms with E-state index >= 15 is 0 Å². The normalized spacial score (nSPS) is 10.9. The molecule has 0 saturated carbocycles. The van der Waals surface area contributed by atoms with Gasteiger partial charge < -0.3 is 14.3 Å². The summed E-state index contributed by atoms with van der Waals surface area (Å²) in [6.07, 6.45) is 4.30. The number of nitrogens with one attached hydrogen (secondary N) is 1. The van der Waals surface area contributed by atoms with Gasteiger partial charge in [0.15, 0.2) is 11.5 Å². The lowest BCUT2D eigenvalue weighted by molar-refractivity contribution is 0.101. The predicted octanol–water partition coefficient (Wildman–Crippen LogP) is 3.71. The third kappa shape index (κ3) is 3.47. The Kier molecular flexibility index (Phi) is 4.25. The molecule has 4 aromatic rings. The van der Waals surface area contributed by atoms with Crippen LogP contribution in [-0.4, -0.2) is 20.8 Å². The van der Waals surface area contributed by atoms with Crippen molar-refractivity contribution in [1.29, 1.82) is 0 Å². The molecule has 0 atom stereocenters. The molecule has 1 N–H and O–H groups in total. The number of hydrogen-bond donors (Lipinski definition) is 1. The van der Waals surface area contributed by atoms with E-state index < -0.39 is 17.5 Å². The summed E-state index contributed by atoms with van der Waals surface area (Å²) >= 11 is 0. The first-order chi connectivity index (χ1) is 13.1. The van der Waals surface area contributed by atoms with Crippen molar-refractivity contribution in [2.75, 3.05) is 5.32 Å². The lowest BCUT2D eigenvalue weighted by Crippen LogP contribution is -2.11. The Hall–Kier alpha value is -3.75. The van der Waals surface area contributed by atoms with Crippen LogP contribution in [0.25, 0.3) is 11.5 Å². The number of aromatic nitrogens is 3. The second-order valence-electron chi connectivity index (χ2n) is 5.63. The van der Waals surface area contributed by atoms with Gasteiger partial charge in [-0.05, 0) is 24.3 Å². The van der Waals surface area contributed by atoms with Crippen molar-refractivity contribution in [1.82, 2.24) is 14.9 Å². The van der Waals surface area contributed by atoms with Crippen LogP contribution in [-0.2, 0) is 6.54 Å². The molecule has 1 aromatic carbocycles. The maximum absolute atomic E-state index is 13.7. The number of nitrogens with zero attached hydrogens (tertiary/aromatic N) is 3. The number of benzene rings is 1. The molecule has 0 aliphatic heterocycles. The van der Waals surface area contributed by atoms with Crippen LogP contribution in [0.15, 0.2) is 64.0 Å². The fourth-order valence-corrected chi connectivity index (χ4v) is 2.47. The van der Waals surface area contributed by atoms with Gasteiger partial charge in [0.2, 0.25) is 5.76 Å². The molecule has 0 aliphatic carbocycles. The Morgan fingerprint density at radius 3 is 2.70 bits per heavy atom. The molecule has 1 amide bonds. The number of carbonyl (C=O) groups excluding carboxylic acids is 1. The average Bonchev–Trinajstić information content (AvgIpc) is 3.38. The first-order valence-corrected chi connectivity index (χ1v) is 7.87. The monoisotopic (exact) mass is 370 g/mol. The highest BCUT2D eigenvalue weighted by Crippen LogP contribution is 2.21. The highest BCUT2D eigenvalue weighted by atomic mass is 19.1. The maximum atomic E-state index is 13.7. The Morgan fingerprint density at radius 2 is 1.96 bits per heavy atom. The van der Waals surface area contributed by atoms with Crippen LogP contribution in [0.1, 0.15) is 16.1 Å². The summed E-state index contributed by atoms with van der Waals surface area (Å²) < 4.78 is 39.0. The molecule has 0 bridgehead atoms. The zero-order chi connectivity index (χ0) is 18.8. The highest BCUT2D eigenvalue weighted by molar-refractivity contribution is 6.03. The maximum Gasteiger partial charge on any atom is 0.277 e. The van der Waals surface area contributed by atoms with Crippen LogP contribution in [0.3, 0.4) is 0 Å². The molecule has 0 spiro atoms. The Balaban J connectivity index is 1.45. The molecule has 27 heavy (non-hydrogen) atoms. The number of anilines is 1. The fraction of sp³-hybridized carbons (Fsp3) is 0.0556. The van der Waals surface area contributed by atoms with Gasteiger partial charge in [-0.2, -0.15) is 5.10 Å². The van der Waals surface area contributed by atoms with Crippen molar-refractivity contribution in [3.05, 3.63) is 77.9 Å². The van der Waals surface area contributed by atoms with Crippen molar-refractivity contribution < 1.29 is 22.5 Å². The van der Waals surface area contributed by atoms with E-state index in [0.29, 0.717) is 17.2 Å². The van der Waals surface area contributed by atoms with E-state index in [1.165, 1.54) is 47.6 Å². The number of halogens is 2. The van der Waals surface area contributed by atoms with E-state index in [-0.39, 0.29) is 17.8 Å². The zero-order valence-corrected chi connectivity index (χ0v) is 13.7. The van der Waals surface area contributed by atoms with E-state index in [1.807, 2.05) is 0 Å². The molecule has 7 nitrogen and oxygen atoms in total. The standard InChI is InChI=1S/C18H12F2N4O3/c19-13-3-1-4-14(20)12(13)10-24-9-11(8-21-24)22-18(25)15-7-17(27-23-15)16-5-2-6-26-16/h1-9H,10H2,(H,22,25). The van der Waals surface area contributed by atoms with Crippen molar-refractivity contribution in [3.63, 3.8) is 0 Å². The molecule has 3 aromatic heterocycles. The van der Waals surface area contributed by atoms with Crippen LogP contribution < -0.4 is 5.32 Å². The molecule has 9 heteroatoms. The first-order valence-electron chi connectivity index (χ1n) is 7.87. The van der Waals surface area contributed by atoms with Gasteiger partial charge in [-0.1, -0.05) is 11.2 Å². The number of rotatable bonds is 5. The summed E-state index contributed by atoms with van der Waals surface area (Å²) in [5.74, 6) is -1.08. The third-order valence-corrected chi connectivity index (χ3v) is 3.78. The molecule has 0 radical (unpaired) electrons. The molecule has 0 saturated heterocycles. The zero-order valence-electron chi connectivity index (χ0n) is 13.7. The molecule has 0 aliphatic rings. The number of hydrogen-bond acceptors (Lipinski definition) is 5. The second kappa shape index (κ2) is 6.87. The average molecular weight is 370 g/mol. The van der Waals surface area contributed by atoms with Crippen LogP contribution in [0.2, 0.25) is 0 Å². The van der Waals surface area contributed by atoms with Gasteiger partial charge in [-0.25, -0.2) is 8.78 Å². The summed E-state index contributed by atoms with van der Waals surface area (Å²) in [5, 5.41) is 10.3. The predicted molar refractivity (Wildman–Crippen MR) is 89.8 cm³/mol. The summed E-state index contributed by atoms with van der Waals surface area (Å²) in [6.45, 7) is -0.110. The quantitative estimate of drug-likeness (QED) is 0.579. The van der Waals surface area contributed by atoms with E-state index in [0.717, 1.165) is 0 Å². The van der Waals surface area contributed by atoms with E-state index in [9.17, 15) is 13.6 Å². The van der Waals surface area contributed by atoms with Gasteiger partial charge >= 0.3 is 0 Å². The first kappa shape index (κ1) is 16.7. The van der Waals surface area contributed by atoms with Gasteiger partial charge in [-0.15, -0.1) is 0 Å². The van der Waals surface area contributed by atoms with Crippen LogP contribution in [0, 0.1) is 11.6 Å². The minimum atomic E-state index is -0.663. The second-order valence-corrected chi connectivity index (χ2v) is 5.63. The van der Waals surface area contributed by atoms with Crippen LogP contribution >= 0.6 is 0 Å². The fourth-order valence-electron chi connectivity index (χ4n) is 2.47. The highest BCUT2D eigenvalue weighted by Gasteiger charge is 2.16. The molecular formula is C18H12F2N4O3. The lowest BCUT2D eigenvalue weighted by Gasteiger charge is -2.04. The molecule has 0 unspecified atom stereocenters. The number of furan rings is 1. The minimum Gasteiger partial charge on any atom is -0.461 e. The van der Waals surface area contributed by atoms with Gasteiger partial charge in [0.1, 0.15) is 11.6 Å². The van der Waals surface area contributed by atoms with Crippen molar-refractivity contribution in [2.45, 2.75) is 6.54 Å². The van der Waals surface area contributed by atoms with Gasteiger partial charge in [0, 0.05) is 17.8 Å². The largest absolute Gasteiger partial charge is 0.461 e. The third-order valence-electron chi connectivity index (χ3n) is 3.78. The van der Waals surface area contributed by atoms with E-state index in [1.54, 1.807) is 12.1 Å². The lowest BCUT2D eigenvalue weighted by atomic mass is 10.2. The molecule has 3 heterocycles. The Bertz CT molecular complexity index is 1070. The van der Waals surface area contributed by atoms with Crippen LogP contribution in [0.5, 0.6) is 0 Å². The summed E-state index contributed by atoms with van der Waals surface area (Å²) in [6, 6.07) is 8.43. The topological polar surface area (TPSA) is 86.1 Å². The molecular weight excluding hydrogens is 358 g/mol. The minimum absolute atomic E-state index is 0.0503. The van der Waals surface area contributed by atoms with Crippen LogP contribution in [0.4, 0.5) is 14.5 Å². The van der Waals surface area contributed by atoms with E-state index in [4.69, 9.17) is 8.94 Å². The summed E-state index contributed by atoms with van der Waals surface area (Å²) in [4.78, 5) is 12.3. The summed E-state index contributed by atoms with van der Waals surface area (Å²) in [5.41, 5.74) is 0.284. The Morgan fingerprint density at radius 1 is 1.15 bits per heavy atom. The van der Waals surface area contributed by atoms with Crippen molar-refractivity contribution >= 4 is 11.6 Å². The molecule has 136 valence electrons. The van der Waals surface area contributed by atoms with Gasteiger partial charge in [0.25, 0.3) is 5.91 Å². The number of carbonyl (C=O) groups is 1. The van der Waals surface area contributed by atoms with Gasteiger partial charge in [-0.3, -0.25) is 9.48 Å². The smallest absolute Gasteiger partial charge is 0.277 e. The SMILES string of the molecule is O=C(Nc1cnn(Cc2c(F)cccc2F)c1)c1cc(-c2ccco2)on1. The van der Waals surface area contributed by atoms with E-state index in [2.05, 4.69) is 15.6 Å². The van der Waals surface area contributed by atoms with Gasteiger partial charge in [0.05, 0.1) is 24.7 Å². The molecule has 0 fully saturated rings. The summed E-state index contributed by atoms with van der Waals surface area (Å²) in [7, 11) is 0. The Labute approximate surface area is 151 Å². The molecule has 4 rings (SSSR count). The van der Waals surface area contributed by atoms with Crippen molar-refractivity contribution in [2.24, 2.45) is 0 Å². The number of amides is 1.